The molecule has 1 unspecified atom stereocenters. The molecule has 0 aliphatic carbocycles. The highest BCUT2D eigenvalue weighted by Gasteiger charge is 2.19. The molecule has 0 aromatic heterocycles. The fraction of sp³-hybridized carbons (Fsp3) is 0.250. The van der Waals surface area contributed by atoms with Gasteiger partial charge >= 0.3 is 18.0 Å². The number of hydrogen-bond acceptors (Lipinski definition) is 7. The number of esters is 2. The third-order valence-electron chi connectivity index (χ3n) is 3.49. The number of aliphatic hydroxyl groups excluding tert-OH is 1. The second kappa shape index (κ2) is 11.3. The Morgan fingerprint density at radius 1 is 0.821 bits per heavy atom. The van der Waals surface area contributed by atoms with Crippen molar-refractivity contribution in [2.24, 2.45) is 0 Å². The summed E-state index contributed by atoms with van der Waals surface area (Å²) in [5, 5.41) is 11.9. The third-order valence-corrected chi connectivity index (χ3v) is 3.49. The molecule has 1 atom stereocenters. The van der Waals surface area contributed by atoms with Crippen LogP contribution in [0.15, 0.2) is 60.7 Å². The molecule has 0 radical (unpaired) electrons. The molecule has 8 heteroatoms. The van der Waals surface area contributed by atoms with E-state index < -0.39 is 37.3 Å². The van der Waals surface area contributed by atoms with Crippen LogP contribution in [0.25, 0.3) is 0 Å². The molecule has 0 spiro atoms. The summed E-state index contributed by atoms with van der Waals surface area (Å²) in [6.07, 6.45) is -2.40. The first-order chi connectivity index (χ1) is 13.5. The first-order valence-electron chi connectivity index (χ1n) is 8.53. The third kappa shape index (κ3) is 7.88. The summed E-state index contributed by atoms with van der Waals surface area (Å²) in [6.45, 7) is -0.972. The Kier molecular flexibility index (Phi) is 8.48. The highest BCUT2D eigenvalue weighted by molar-refractivity contribution is 5.79. The van der Waals surface area contributed by atoms with Crippen molar-refractivity contribution in [1.82, 2.24) is 5.32 Å². The fourth-order valence-corrected chi connectivity index (χ4v) is 2.03. The molecule has 1 amide bonds. The first-order valence-corrected chi connectivity index (χ1v) is 8.53. The monoisotopic (exact) mass is 387 g/mol. The quantitative estimate of drug-likeness (QED) is 0.496. The van der Waals surface area contributed by atoms with E-state index in [2.05, 4.69) is 5.32 Å². The zero-order chi connectivity index (χ0) is 20.2. The lowest BCUT2D eigenvalue weighted by molar-refractivity contribution is -0.161. The van der Waals surface area contributed by atoms with Crippen LogP contribution in [0.3, 0.4) is 0 Å². The average molecular weight is 387 g/mol. The molecule has 0 saturated heterocycles. The summed E-state index contributed by atoms with van der Waals surface area (Å²) in [5.41, 5.74) is 1.57. The number of hydrogen-bond donors (Lipinski definition) is 2. The number of alkyl carbamates (subject to hydrolysis) is 1. The summed E-state index contributed by atoms with van der Waals surface area (Å²) in [6, 6.07) is 18.0. The van der Waals surface area contributed by atoms with Gasteiger partial charge in [-0.15, -0.1) is 0 Å². The van der Waals surface area contributed by atoms with Gasteiger partial charge in [-0.25, -0.2) is 9.59 Å². The summed E-state index contributed by atoms with van der Waals surface area (Å²) in [7, 11) is 0. The number of aliphatic hydroxyl groups is 1. The van der Waals surface area contributed by atoms with E-state index >= 15 is 0 Å². The second-order valence-electron chi connectivity index (χ2n) is 5.71. The number of rotatable bonds is 9. The van der Waals surface area contributed by atoms with Gasteiger partial charge in [0.15, 0.2) is 6.10 Å². The lowest BCUT2D eigenvalue weighted by Gasteiger charge is -2.12. The first kappa shape index (κ1) is 20.9. The summed E-state index contributed by atoms with van der Waals surface area (Å²) in [4.78, 5) is 34.8. The summed E-state index contributed by atoms with van der Waals surface area (Å²) >= 11 is 0. The van der Waals surface area contributed by atoms with E-state index in [1.165, 1.54) is 0 Å². The van der Waals surface area contributed by atoms with Crippen molar-refractivity contribution in [3.05, 3.63) is 71.8 Å². The Hall–Kier alpha value is -3.39. The Bertz CT molecular complexity index is 765. The van der Waals surface area contributed by atoms with Crippen molar-refractivity contribution < 1.29 is 33.7 Å². The maximum Gasteiger partial charge on any atom is 0.407 e. The smallest absolute Gasteiger partial charge is 0.407 e. The van der Waals surface area contributed by atoms with Crippen LogP contribution in [-0.2, 0) is 37.0 Å². The average Bonchev–Trinajstić information content (AvgIpc) is 2.74. The van der Waals surface area contributed by atoms with E-state index in [-0.39, 0.29) is 13.2 Å². The summed E-state index contributed by atoms with van der Waals surface area (Å²) in [5.74, 6) is -1.74. The normalized spacial score (nSPS) is 11.2. The van der Waals surface area contributed by atoms with Crippen LogP contribution < -0.4 is 5.32 Å². The number of ether oxygens (including phenoxy) is 3. The molecule has 0 fully saturated rings. The van der Waals surface area contributed by atoms with E-state index in [1.807, 2.05) is 24.3 Å². The minimum Gasteiger partial charge on any atom is -0.461 e. The van der Waals surface area contributed by atoms with Gasteiger partial charge in [-0.2, -0.15) is 0 Å². The lowest BCUT2D eigenvalue weighted by atomic mass is 10.2. The van der Waals surface area contributed by atoms with Gasteiger partial charge in [0.05, 0.1) is 0 Å². The molecule has 2 rings (SSSR count). The molecule has 2 N–H and O–H groups in total. The standard InChI is InChI=1S/C20H21NO7/c22-17(19(24)27-12-15-7-3-1-4-8-15)14-26-18(23)11-21-20(25)28-13-16-9-5-2-6-10-16/h1-10,17,22H,11-14H2,(H,21,25). The van der Waals surface area contributed by atoms with Gasteiger partial charge in [-0.05, 0) is 11.1 Å². The topological polar surface area (TPSA) is 111 Å². The van der Waals surface area contributed by atoms with Crippen LogP contribution in [0, 0.1) is 0 Å². The van der Waals surface area contributed by atoms with Crippen molar-refractivity contribution in [3.8, 4) is 0 Å². The molecule has 148 valence electrons. The van der Waals surface area contributed by atoms with E-state index in [0.29, 0.717) is 0 Å². The highest BCUT2D eigenvalue weighted by Crippen LogP contribution is 2.02. The van der Waals surface area contributed by atoms with Crippen LogP contribution in [-0.4, -0.2) is 42.4 Å². The van der Waals surface area contributed by atoms with Gasteiger partial charge in [0.2, 0.25) is 0 Å². The number of amides is 1. The van der Waals surface area contributed by atoms with Crippen molar-refractivity contribution in [2.75, 3.05) is 13.2 Å². The Labute approximate surface area is 162 Å². The Balaban J connectivity index is 1.59. The lowest BCUT2D eigenvalue weighted by Crippen LogP contribution is -2.34. The highest BCUT2D eigenvalue weighted by atomic mass is 16.6. The van der Waals surface area contributed by atoms with Crippen LogP contribution in [0.2, 0.25) is 0 Å². The molecule has 0 aliphatic rings. The van der Waals surface area contributed by atoms with E-state index in [1.54, 1.807) is 36.4 Å². The molecule has 8 nitrogen and oxygen atoms in total. The van der Waals surface area contributed by atoms with Crippen molar-refractivity contribution in [1.29, 1.82) is 0 Å². The molecule has 28 heavy (non-hydrogen) atoms. The Morgan fingerprint density at radius 3 is 1.93 bits per heavy atom. The van der Waals surface area contributed by atoms with Gasteiger partial charge < -0.3 is 24.6 Å². The van der Waals surface area contributed by atoms with Crippen molar-refractivity contribution >= 4 is 18.0 Å². The van der Waals surface area contributed by atoms with Gasteiger partial charge in [0.1, 0.15) is 26.4 Å². The maximum atomic E-state index is 11.7. The number of benzene rings is 2. The molecule has 0 saturated carbocycles. The van der Waals surface area contributed by atoms with E-state index in [0.717, 1.165) is 11.1 Å². The Morgan fingerprint density at radius 2 is 1.36 bits per heavy atom. The van der Waals surface area contributed by atoms with E-state index in [4.69, 9.17) is 14.2 Å². The molecule has 0 heterocycles. The number of nitrogens with one attached hydrogen (secondary N) is 1. The molecule has 0 aliphatic heterocycles. The fourth-order valence-electron chi connectivity index (χ4n) is 2.03. The zero-order valence-corrected chi connectivity index (χ0v) is 15.1. The van der Waals surface area contributed by atoms with Gasteiger partial charge in [-0.1, -0.05) is 60.7 Å². The molecule has 2 aromatic rings. The zero-order valence-electron chi connectivity index (χ0n) is 15.1. The van der Waals surface area contributed by atoms with Gasteiger partial charge in [0.25, 0.3) is 0 Å². The molecule has 0 bridgehead atoms. The second-order valence-corrected chi connectivity index (χ2v) is 5.71. The molecular formula is C20H21NO7. The predicted molar refractivity (Wildman–Crippen MR) is 97.8 cm³/mol. The van der Waals surface area contributed by atoms with Crippen LogP contribution in [0.4, 0.5) is 4.79 Å². The molecular weight excluding hydrogens is 366 g/mol. The van der Waals surface area contributed by atoms with E-state index in [9.17, 15) is 19.5 Å². The summed E-state index contributed by atoms with van der Waals surface area (Å²) < 4.78 is 14.6. The van der Waals surface area contributed by atoms with Crippen molar-refractivity contribution in [2.45, 2.75) is 19.3 Å². The maximum absolute atomic E-state index is 11.7. The minimum absolute atomic E-state index is 0.000506. The SMILES string of the molecule is O=C(CNC(=O)OCc1ccccc1)OCC(O)C(=O)OCc1ccccc1. The molecule has 2 aromatic carbocycles. The van der Waals surface area contributed by atoms with Gasteiger partial charge in [-0.3, -0.25) is 4.79 Å². The van der Waals surface area contributed by atoms with Crippen molar-refractivity contribution in [3.63, 3.8) is 0 Å². The number of carbonyl (C=O) groups excluding carboxylic acids is 3. The van der Waals surface area contributed by atoms with Crippen LogP contribution in [0.1, 0.15) is 11.1 Å². The number of carbonyl (C=O) groups is 3. The van der Waals surface area contributed by atoms with Crippen LogP contribution in [0.5, 0.6) is 0 Å². The van der Waals surface area contributed by atoms with Gasteiger partial charge in [0, 0.05) is 0 Å². The largest absolute Gasteiger partial charge is 0.461 e. The minimum atomic E-state index is -1.61. The van der Waals surface area contributed by atoms with Crippen LogP contribution >= 0.6 is 0 Å². The predicted octanol–water partition coefficient (Wildman–Crippen LogP) is 1.56.